The van der Waals surface area contributed by atoms with E-state index in [9.17, 15) is 0 Å². The molecule has 2 aromatic carbocycles. The van der Waals surface area contributed by atoms with Crippen LogP contribution < -0.4 is 7.02 Å². The van der Waals surface area contributed by atoms with Gasteiger partial charge in [0.15, 0.2) is 0 Å². The second-order valence-corrected chi connectivity index (χ2v) is 10.8. The number of rotatable bonds is 1. The summed E-state index contributed by atoms with van der Waals surface area (Å²) in [6.45, 7) is 0. The van der Waals surface area contributed by atoms with Crippen LogP contribution in [0.25, 0.3) is 22.4 Å². The topological polar surface area (TPSA) is 12.9 Å². The van der Waals surface area contributed by atoms with Crippen LogP contribution in [0, 0.1) is 0 Å². The molecule has 2 heterocycles. The van der Waals surface area contributed by atoms with E-state index in [4.69, 9.17) is 0 Å². The first-order valence-electron chi connectivity index (χ1n) is 6.74. The Morgan fingerprint density at radius 3 is 2.35 bits per heavy atom. The molecule has 0 aliphatic carbocycles. The molecule has 3 aromatic rings. The fraction of sp³-hybridized carbons (Fsp3) is 0.0556. The molecule has 0 atom stereocenters. The summed E-state index contributed by atoms with van der Waals surface area (Å²) in [5, 5.41) is 0. The summed E-state index contributed by atoms with van der Waals surface area (Å²) in [4.78, 5) is 7.03. The van der Waals surface area contributed by atoms with Gasteiger partial charge in [0, 0.05) is 0 Å². The van der Waals surface area contributed by atoms with E-state index >= 15 is 0 Å². The van der Waals surface area contributed by atoms with Gasteiger partial charge in [-0.2, -0.15) is 0 Å². The molecule has 1 aliphatic heterocycles. The van der Waals surface area contributed by atoms with Gasteiger partial charge >= 0.3 is 126 Å². The molecular weight excluding hydrogens is 352 g/mol. The molecular formula is C18H14NSb. The fourth-order valence-corrected chi connectivity index (χ4v) is 9.28. The number of pyridine rings is 1. The molecule has 0 saturated heterocycles. The van der Waals surface area contributed by atoms with Gasteiger partial charge in [-0.05, 0) is 0 Å². The number of fused-ring (bicyclic) bond motifs is 3. The summed E-state index contributed by atoms with van der Waals surface area (Å²) in [7, 11) is 0. The van der Waals surface area contributed by atoms with Crippen molar-refractivity contribution in [3.8, 4) is 22.4 Å². The zero-order chi connectivity index (χ0) is 13.5. The molecule has 1 nitrogen and oxygen atoms in total. The van der Waals surface area contributed by atoms with Crippen molar-refractivity contribution in [2.24, 2.45) is 0 Å². The van der Waals surface area contributed by atoms with Crippen molar-refractivity contribution in [2.45, 2.75) is 4.87 Å². The van der Waals surface area contributed by atoms with Gasteiger partial charge in [0.1, 0.15) is 0 Å². The van der Waals surface area contributed by atoms with Crippen molar-refractivity contribution in [3.63, 3.8) is 0 Å². The number of hydrogen-bond donors (Lipinski definition) is 0. The van der Waals surface area contributed by atoms with Crippen molar-refractivity contribution in [3.05, 3.63) is 66.9 Å². The van der Waals surface area contributed by atoms with E-state index in [0.717, 1.165) is 5.69 Å². The summed E-state index contributed by atoms with van der Waals surface area (Å²) in [5.41, 5.74) is 5.33. The zero-order valence-corrected chi connectivity index (χ0v) is 13.8. The molecule has 0 bridgehead atoms. The van der Waals surface area contributed by atoms with E-state index in [1.165, 1.54) is 16.7 Å². The van der Waals surface area contributed by atoms with Crippen LogP contribution >= 0.6 is 0 Å². The van der Waals surface area contributed by atoms with Gasteiger partial charge < -0.3 is 0 Å². The third-order valence-electron chi connectivity index (χ3n) is 3.87. The predicted octanol–water partition coefficient (Wildman–Crippen LogP) is 2.97. The van der Waals surface area contributed by atoms with Crippen molar-refractivity contribution >= 4 is 27.2 Å². The second-order valence-electron chi connectivity index (χ2n) is 4.99. The standard InChI is InChI=1S/C17H11N.CH3.Sb/c1-2-7-14(8-3-1)15-9-6-10-16(13-15)17-11-4-5-12-18-17;;/h1-7,9-12H;1H3;. The molecule has 1 aromatic heterocycles. The normalized spacial score (nSPS) is 13.1. The summed E-state index contributed by atoms with van der Waals surface area (Å²) in [6, 6.07) is 21.7. The summed E-state index contributed by atoms with van der Waals surface area (Å²) >= 11 is -1.58. The van der Waals surface area contributed by atoms with Gasteiger partial charge in [0.25, 0.3) is 0 Å². The molecule has 0 radical (unpaired) electrons. The molecule has 1 aliphatic rings. The van der Waals surface area contributed by atoms with E-state index in [-0.39, 0.29) is 0 Å². The summed E-state index contributed by atoms with van der Waals surface area (Å²) in [5.74, 6) is 0. The Morgan fingerprint density at radius 2 is 1.50 bits per heavy atom. The third-order valence-corrected chi connectivity index (χ3v) is 10.3. The molecule has 96 valence electrons. The quantitative estimate of drug-likeness (QED) is 0.604. The van der Waals surface area contributed by atoms with Crippen molar-refractivity contribution in [1.29, 1.82) is 0 Å². The van der Waals surface area contributed by atoms with Crippen molar-refractivity contribution in [1.82, 2.24) is 4.98 Å². The molecule has 0 amide bonds. The maximum atomic E-state index is 4.55. The van der Waals surface area contributed by atoms with E-state index in [2.05, 4.69) is 64.5 Å². The first kappa shape index (κ1) is 12.2. The molecule has 20 heavy (non-hydrogen) atoms. The third kappa shape index (κ3) is 1.73. The Balaban J connectivity index is 2.00. The molecule has 0 saturated carbocycles. The number of aromatic nitrogens is 1. The van der Waals surface area contributed by atoms with E-state index in [1.807, 2.05) is 12.3 Å². The van der Waals surface area contributed by atoms with Crippen LogP contribution in [0.5, 0.6) is 0 Å². The fourth-order valence-electron chi connectivity index (χ4n) is 2.97. The molecule has 4 rings (SSSR count). The molecule has 0 fully saturated rings. The first-order valence-corrected chi connectivity index (χ1v) is 11.8. The number of benzene rings is 2. The average molecular weight is 366 g/mol. The molecule has 0 spiro atoms. The van der Waals surface area contributed by atoms with Gasteiger partial charge in [-0.1, -0.05) is 0 Å². The Kier molecular flexibility index (Phi) is 2.89. The predicted molar refractivity (Wildman–Crippen MR) is 86.0 cm³/mol. The van der Waals surface area contributed by atoms with Gasteiger partial charge in [-0.15, -0.1) is 0 Å². The Bertz CT molecular complexity index is 780. The summed E-state index contributed by atoms with van der Waals surface area (Å²) in [6.07, 6.45) is 1.88. The van der Waals surface area contributed by atoms with Gasteiger partial charge in [0.05, 0.1) is 0 Å². The van der Waals surface area contributed by atoms with Crippen molar-refractivity contribution < 1.29 is 0 Å². The maximum absolute atomic E-state index is 4.55. The van der Waals surface area contributed by atoms with Gasteiger partial charge in [0.2, 0.25) is 0 Å². The van der Waals surface area contributed by atoms with Crippen LogP contribution in [0.3, 0.4) is 0 Å². The van der Waals surface area contributed by atoms with Crippen LogP contribution in [0.2, 0.25) is 4.87 Å². The van der Waals surface area contributed by atoms with Crippen LogP contribution in [0.1, 0.15) is 0 Å². The Morgan fingerprint density at radius 1 is 0.750 bits per heavy atom. The zero-order valence-electron chi connectivity index (χ0n) is 11.2. The summed E-state index contributed by atoms with van der Waals surface area (Å²) < 4.78 is 3.20. The van der Waals surface area contributed by atoms with Crippen molar-refractivity contribution in [2.75, 3.05) is 0 Å². The number of nitrogens with zero attached hydrogens (tertiary/aromatic N) is 1. The van der Waals surface area contributed by atoms with E-state index in [1.54, 1.807) is 7.02 Å². The minimum absolute atomic E-state index is 1.11. The van der Waals surface area contributed by atoms with E-state index in [0.29, 0.717) is 0 Å². The van der Waals surface area contributed by atoms with Gasteiger partial charge in [-0.3, -0.25) is 0 Å². The monoisotopic (exact) mass is 365 g/mol. The first-order chi connectivity index (χ1) is 9.86. The molecule has 0 unspecified atom stereocenters. The Hall–Kier alpha value is -1.59. The van der Waals surface area contributed by atoms with Crippen LogP contribution in [-0.4, -0.2) is 25.2 Å². The van der Waals surface area contributed by atoms with Crippen LogP contribution in [0.15, 0.2) is 66.9 Å². The number of hydrogen-bond acceptors (Lipinski definition) is 1. The SMILES string of the molecule is [CH3][Sb]1[c]2ccccc2-c2cccc(-c3ccccn3)[c]21. The van der Waals surface area contributed by atoms with E-state index < -0.39 is 20.2 Å². The molecule has 2 heteroatoms. The van der Waals surface area contributed by atoms with Crippen LogP contribution in [0.4, 0.5) is 0 Å². The molecule has 0 N–H and O–H groups in total. The van der Waals surface area contributed by atoms with Gasteiger partial charge in [-0.25, -0.2) is 0 Å². The average Bonchev–Trinajstić information content (AvgIpc) is 2.82. The second kappa shape index (κ2) is 4.75. The van der Waals surface area contributed by atoms with Crippen LogP contribution in [-0.2, 0) is 0 Å². The minimum atomic E-state index is -1.58. The Labute approximate surface area is 126 Å².